The highest BCUT2D eigenvalue weighted by atomic mass is 15.5. The van der Waals surface area contributed by atoms with Crippen LogP contribution in [0.25, 0.3) is 0 Å². The molecule has 5 nitrogen and oxygen atoms in total. The second-order valence-electron chi connectivity index (χ2n) is 2.19. The van der Waals surface area contributed by atoms with E-state index in [9.17, 15) is 0 Å². The number of nitrogens with one attached hydrogen (secondary N) is 1. The molecule has 1 aromatic heterocycles. The van der Waals surface area contributed by atoms with Crippen LogP contribution in [0.2, 0.25) is 0 Å². The first-order chi connectivity index (χ1) is 5.38. The number of hydrogen-bond acceptors (Lipinski definition) is 5. The van der Waals surface area contributed by atoms with Gasteiger partial charge in [0.25, 0.3) is 0 Å². The van der Waals surface area contributed by atoms with E-state index >= 15 is 0 Å². The van der Waals surface area contributed by atoms with Crippen LogP contribution in [0.4, 0.5) is 11.5 Å². The number of hydrazine groups is 1. The predicted molar refractivity (Wildman–Crippen MR) is 41.7 cm³/mol. The van der Waals surface area contributed by atoms with Gasteiger partial charge < -0.3 is 0 Å². The van der Waals surface area contributed by atoms with Crippen LogP contribution in [-0.2, 0) is 0 Å². The first-order valence-corrected chi connectivity index (χ1v) is 3.22. The van der Waals surface area contributed by atoms with Crippen molar-refractivity contribution in [3.8, 4) is 0 Å². The summed E-state index contributed by atoms with van der Waals surface area (Å²) in [7, 11) is 1.86. The fourth-order valence-electron chi connectivity index (χ4n) is 0.904. The maximum Gasteiger partial charge on any atom is 0.195 e. The lowest BCUT2D eigenvalue weighted by Crippen LogP contribution is -2.35. The van der Waals surface area contributed by atoms with E-state index in [2.05, 4.69) is 20.6 Å². The van der Waals surface area contributed by atoms with Crippen molar-refractivity contribution in [2.24, 2.45) is 4.99 Å². The molecule has 2 heterocycles. The van der Waals surface area contributed by atoms with E-state index in [1.165, 1.54) is 0 Å². The van der Waals surface area contributed by atoms with Crippen LogP contribution in [0.3, 0.4) is 0 Å². The monoisotopic (exact) mass is 149 g/mol. The number of hydrogen-bond donors (Lipinski definition) is 1. The van der Waals surface area contributed by atoms with Gasteiger partial charge in [-0.05, 0) is 6.07 Å². The van der Waals surface area contributed by atoms with Crippen molar-refractivity contribution in [1.29, 1.82) is 0 Å². The van der Waals surface area contributed by atoms with Crippen LogP contribution in [0.1, 0.15) is 0 Å². The summed E-state index contributed by atoms with van der Waals surface area (Å²) in [5, 5.41) is 9.40. The molecule has 56 valence electrons. The van der Waals surface area contributed by atoms with Gasteiger partial charge in [0.05, 0.1) is 6.20 Å². The molecule has 0 amide bonds. The lowest BCUT2D eigenvalue weighted by molar-refractivity contribution is 0.830. The van der Waals surface area contributed by atoms with Gasteiger partial charge in [0, 0.05) is 7.05 Å². The molecule has 0 spiro atoms. The van der Waals surface area contributed by atoms with E-state index in [0.717, 1.165) is 11.5 Å². The highest BCUT2D eigenvalue weighted by Gasteiger charge is 2.10. The zero-order valence-electron chi connectivity index (χ0n) is 6.02. The molecule has 0 atom stereocenters. The van der Waals surface area contributed by atoms with Gasteiger partial charge in [0.15, 0.2) is 5.82 Å². The Kier molecular flexibility index (Phi) is 1.21. The molecule has 11 heavy (non-hydrogen) atoms. The fraction of sp³-hybridized carbons (Fsp3) is 0.167. The molecule has 5 heteroatoms. The van der Waals surface area contributed by atoms with Crippen molar-refractivity contribution in [2.45, 2.75) is 0 Å². The molecular weight excluding hydrogens is 142 g/mol. The number of aromatic nitrogens is 2. The highest BCUT2D eigenvalue weighted by Crippen LogP contribution is 2.23. The van der Waals surface area contributed by atoms with Gasteiger partial charge in [-0.25, -0.2) is 4.99 Å². The number of nitrogens with zero attached hydrogens (tertiary/aromatic N) is 4. The quantitative estimate of drug-likeness (QED) is 0.568. The third-order valence-electron chi connectivity index (χ3n) is 1.45. The zero-order valence-corrected chi connectivity index (χ0v) is 6.02. The Hall–Kier alpha value is -1.65. The summed E-state index contributed by atoms with van der Waals surface area (Å²) in [4.78, 5) is 4.06. The average molecular weight is 149 g/mol. The molecule has 0 saturated heterocycles. The first-order valence-electron chi connectivity index (χ1n) is 3.22. The van der Waals surface area contributed by atoms with Crippen LogP contribution in [0.15, 0.2) is 17.3 Å². The molecule has 0 saturated carbocycles. The van der Waals surface area contributed by atoms with Crippen molar-refractivity contribution in [2.75, 3.05) is 12.1 Å². The van der Waals surface area contributed by atoms with Crippen molar-refractivity contribution in [3.05, 3.63) is 12.3 Å². The zero-order chi connectivity index (χ0) is 7.68. The Balaban J connectivity index is 2.54. The molecule has 1 aliphatic heterocycles. The smallest absolute Gasteiger partial charge is 0.195 e. The summed E-state index contributed by atoms with van der Waals surface area (Å²) in [6, 6.07) is 1.82. The summed E-state index contributed by atoms with van der Waals surface area (Å²) in [6.07, 6.45) is 3.24. The molecule has 0 unspecified atom stereocenters. The highest BCUT2D eigenvalue weighted by molar-refractivity contribution is 5.74. The van der Waals surface area contributed by atoms with Gasteiger partial charge in [0.2, 0.25) is 0 Å². The standard InChI is InChI=1S/C6H7N5/c1-11-6-5(7-4-9-11)2-3-8-10-6/h2-4H,1H3,(H,7,9). The molecule has 1 aromatic rings. The number of fused-ring (bicyclic) bond motifs is 1. The third kappa shape index (κ3) is 0.899. The summed E-state index contributed by atoms with van der Waals surface area (Å²) in [5.41, 5.74) is 3.71. The fourth-order valence-corrected chi connectivity index (χ4v) is 0.904. The van der Waals surface area contributed by atoms with Gasteiger partial charge in [-0.2, -0.15) is 5.10 Å². The van der Waals surface area contributed by atoms with Gasteiger partial charge in [-0.3, -0.25) is 10.4 Å². The topological polar surface area (TPSA) is 53.4 Å². The second-order valence-corrected chi connectivity index (χ2v) is 2.19. The van der Waals surface area contributed by atoms with Gasteiger partial charge >= 0.3 is 0 Å². The minimum atomic E-state index is 0.745. The minimum Gasteiger partial charge on any atom is -0.287 e. The number of aliphatic imine (C=N–C) groups is 1. The Morgan fingerprint density at radius 1 is 1.55 bits per heavy atom. The summed E-state index contributed by atoms with van der Waals surface area (Å²) in [6.45, 7) is 0. The van der Waals surface area contributed by atoms with E-state index < -0.39 is 0 Å². The Labute approximate surface area is 63.7 Å². The van der Waals surface area contributed by atoms with Gasteiger partial charge in [0.1, 0.15) is 12.0 Å². The predicted octanol–water partition coefficient (Wildman–Crippen LogP) is 0.0908. The summed E-state index contributed by atoms with van der Waals surface area (Å²) >= 11 is 0. The third-order valence-corrected chi connectivity index (χ3v) is 1.45. The lowest BCUT2D eigenvalue weighted by atomic mass is 10.4. The molecule has 0 bridgehead atoms. The molecule has 0 fully saturated rings. The maximum atomic E-state index is 4.06. The van der Waals surface area contributed by atoms with E-state index in [1.54, 1.807) is 17.5 Å². The largest absolute Gasteiger partial charge is 0.287 e. The van der Waals surface area contributed by atoms with Crippen molar-refractivity contribution < 1.29 is 0 Å². The van der Waals surface area contributed by atoms with E-state index in [0.29, 0.717) is 0 Å². The number of rotatable bonds is 0. The molecule has 2 rings (SSSR count). The summed E-state index contributed by atoms with van der Waals surface area (Å²) < 4.78 is 0. The van der Waals surface area contributed by atoms with Crippen molar-refractivity contribution >= 4 is 17.8 Å². The van der Waals surface area contributed by atoms with Crippen LogP contribution >= 0.6 is 0 Å². The van der Waals surface area contributed by atoms with E-state index in [1.807, 2.05) is 13.1 Å². The number of anilines is 1. The van der Waals surface area contributed by atoms with Crippen LogP contribution in [0.5, 0.6) is 0 Å². The second kappa shape index (κ2) is 2.19. The molecule has 1 aliphatic rings. The molecule has 0 aliphatic carbocycles. The lowest BCUT2D eigenvalue weighted by Gasteiger charge is -2.20. The first kappa shape index (κ1) is 6.09. The van der Waals surface area contributed by atoms with Crippen LogP contribution in [-0.4, -0.2) is 23.6 Å². The van der Waals surface area contributed by atoms with Crippen molar-refractivity contribution in [1.82, 2.24) is 15.6 Å². The minimum absolute atomic E-state index is 0.745. The molecular formula is C6H7N5. The van der Waals surface area contributed by atoms with E-state index in [4.69, 9.17) is 0 Å². The molecule has 1 N–H and O–H groups in total. The molecule has 0 aromatic carbocycles. The van der Waals surface area contributed by atoms with Gasteiger partial charge in [-0.1, -0.05) is 0 Å². The Morgan fingerprint density at radius 2 is 2.45 bits per heavy atom. The SMILES string of the molecule is CN1NC=Nc2ccnnc21. The van der Waals surface area contributed by atoms with Gasteiger partial charge in [-0.15, -0.1) is 5.10 Å². The van der Waals surface area contributed by atoms with Crippen LogP contribution < -0.4 is 10.4 Å². The summed E-state index contributed by atoms with van der Waals surface area (Å²) in [5.74, 6) is 0.745. The normalized spacial score (nSPS) is 14.1. The Bertz CT molecular complexity index is 295. The molecule has 0 radical (unpaired) electrons. The Morgan fingerprint density at radius 3 is 3.27 bits per heavy atom. The van der Waals surface area contributed by atoms with Crippen molar-refractivity contribution in [3.63, 3.8) is 0 Å². The maximum absolute atomic E-state index is 4.06. The average Bonchev–Trinajstić information content (AvgIpc) is 2.06. The van der Waals surface area contributed by atoms with E-state index in [-0.39, 0.29) is 0 Å². The van der Waals surface area contributed by atoms with Crippen LogP contribution in [0, 0.1) is 0 Å².